The highest BCUT2D eigenvalue weighted by Crippen LogP contribution is 2.25. The maximum absolute atomic E-state index is 13.9. The highest BCUT2D eigenvalue weighted by atomic mass is 32.2. The van der Waals surface area contributed by atoms with Crippen LogP contribution in [0.25, 0.3) is 11.4 Å². The van der Waals surface area contributed by atoms with Crippen LogP contribution in [0.2, 0.25) is 0 Å². The molecule has 1 amide bonds. The summed E-state index contributed by atoms with van der Waals surface area (Å²) in [4.78, 5) is 15.3. The Balaban J connectivity index is 1.95. The van der Waals surface area contributed by atoms with E-state index in [9.17, 15) is 26.4 Å². The largest absolute Gasteiger partial charge is 0.333 e. The molecule has 10 heteroatoms. The second-order valence-electron chi connectivity index (χ2n) is 5.52. The number of carbonyl (C=O) groups excluding carboxylic acids is 1. The van der Waals surface area contributed by atoms with Crippen molar-refractivity contribution in [3.8, 4) is 11.4 Å². The van der Waals surface area contributed by atoms with Gasteiger partial charge in [0, 0.05) is 13.2 Å². The van der Waals surface area contributed by atoms with Gasteiger partial charge in [-0.2, -0.15) is 0 Å². The van der Waals surface area contributed by atoms with E-state index in [1.54, 1.807) is 4.72 Å². The lowest BCUT2D eigenvalue weighted by Crippen LogP contribution is -2.31. The van der Waals surface area contributed by atoms with E-state index >= 15 is 0 Å². The molecule has 0 bridgehead atoms. The molecule has 0 aliphatic carbocycles. The molecule has 1 N–H and O–H groups in total. The molecule has 0 spiro atoms. The molecule has 0 fully saturated rings. The molecule has 27 heavy (non-hydrogen) atoms. The number of hydrogen-bond donors (Lipinski definition) is 1. The van der Waals surface area contributed by atoms with E-state index < -0.39 is 49.5 Å². The first-order chi connectivity index (χ1) is 12.7. The summed E-state index contributed by atoms with van der Waals surface area (Å²) in [6.07, 6.45) is 1.10. The summed E-state index contributed by atoms with van der Waals surface area (Å²) in [6.45, 7) is 0. The Morgan fingerprint density at radius 2 is 1.59 bits per heavy atom. The van der Waals surface area contributed by atoms with E-state index in [0.717, 1.165) is 30.5 Å². The number of benzene rings is 2. The van der Waals surface area contributed by atoms with E-state index in [1.807, 2.05) is 0 Å². The van der Waals surface area contributed by atoms with E-state index in [2.05, 4.69) is 4.98 Å². The van der Waals surface area contributed by atoms with E-state index in [1.165, 1.54) is 29.8 Å². The van der Waals surface area contributed by atoms with Crippen LogP contribution in [0.1, 0.15) is 10.5 Å². The van der Waals surface area contributed by atoms with Crippen molar-refractivity contribution in [2.24, 2.45) is 7.05 Å². The fourth-order valence-corrected chi connectivity index (χ4v) is 3.45. The van der Waals surface area contributed by atoms with Crippen LogP contribution < -0.4 is 4.72 Å². The molecule has 0 aliphatic heterocycles. The summed E-state index contributed by atoms with van der Waals surface area (Å²) in [5.41, 5.74) is -0.869. The molecule has 6 nitrogen and oxygen atoms in total. The lowest BCUT2D eigenvalue weighted by molar-refractivity contribution is 0.0977. The first-order valence-electron chi connectivity index (χ1n) is 7.50. The molecule has 0 atom stereocenters. The topological polar surface area (TPSA) is 81.1 Å². The summed E-state index contributed by atoms with van der Waals surface area (Å²) in [5.74, 6) is -4.20. The number of rotatable bonds is 4. The molecule has 3 aromatic rings. The van der Waals surface area contributed by atoms with Crippen molar-refractivity contribution in [2.45, 2.75) is 4.90 Å². The van der Waals surface area contributed by atoms with Gasteiger partial charge in [-0.05, 0) is 24.3 Å². The summed E-state index contributed by atoms with van der Waals surface area (Å²) >= 11 is 0. The van der Waals surface area contributed by atoms with Crippen LogP contribution in [-0.4, -0.2) is 23.9 Å². The zero-order valence-electron chi connectivity index (χ0n) is 13.8. The monoisotopic (exact) mass is 395 g/mol. The van der Waals surface area contributed by atoms with Crippen molar-refractivity contribution in [1.29, 1.82) is 0 Å². The number of halogens is 3. The van der Waals surface area contributed by atoms with Gasteiger partial charge in [0.2, 0.25) is 0 Å². The molecule has 0 aliphatic rings. The van der Waals surface area contributed by atoms with Crippen molar-refractivity contribution in [2.75, 3.05) is 0 Å². The SMILES string of the molecule is Cn1cc(C(=O)NS(=O)(=O)c2ccccc2F)nc1-c1c(F)cccc1F. The molecular weight excluding hydrogens is 383 g/mol. The van der Waals surface area contributed by atoms with Gasteiger partial charge in [0.25, 0.3) is 15.9 Å². The van der Waals surface area contributed by atoms with Crippen LogP contribution in [0.5, 0.6) is 0 Å². The van der Waals surface area contributed by atoms with Crippen molar-refractivity contribution < 1.29 is 26.4 Å². The molecule has 0 unspecified atom stereocenters. The fraction of sp³-hybridized carbons (Fsp3) is 0.0588. The Bertz CT molecular complexity index is 1120. The predicted octanol–water partition coefficient (Wildman–Crippen LogP) is 2.62. The minimum Gasteiger partial charge on any atom is -0.333 e. The molecule has 0 radical (unpaired) electrons. The van der Waals surface area contributed by atoms with Crippen LogP contribution in [0.15, 0.2) is 53.6 Å². The maximum Gasteiger partial charge on any atom is 0.285 e. The van der Waals surface area contributed by atoms with Crippen LogP contribution in [0.4, 0.5) is 13.2 Å². The molecular formula is C17H12F3N3O3S. The third-order valence-corrected chi connectivity index (χ3v) is 5.01. The number of hydrogen-bond acceptors (Lipinski definition) is 4. The van der Waals surface area contributed by atoms with Gasteiger partial charge in [-0.1, -0.05) is 18.2 Å². The predicted molar refractivity (Wildman–Crippen MR) is 89.6 cm³/mol. The molecule has 2 aromatic carbocycles. The molecule has 1 aromatic heterocycles. The van der Waals surface area contributed by atoms with Crippen LogP contribution in [0.3, 0.4) is 0 Å². The van der Waals surface area contributed by atoms with Gasteiger partial charge in [0.1, 0.15) is 33.9 Å². The molecule has 0 saturated heterocycles. The Morgan fingerprint density at radius 3 is 2.22 bits per heavy atom. The van der Waals surface area contributed by atoms with Gasteiger partial charge in [-0.25, -0.2) is 31.3 Å². The number of nitrogens with one attached hydrogen (secondary N) is 1. The fourth-order valence-electron chi connectivity index (χ4n) is 2.41. The van der Waals surface area contributed by atoms with Crippen molar-refractivity contribution >= 4 is 15.9 Å². The third kappa shape index (κ3) is 3.56. The second kappa shape index (κ2) is 6.88. The quantitative estimate of drug-likeness (QED) is 0.736. The number of carbonyl (C=O) groups is 1. The molecule has 0 saturated carbocycles. The highest BCUT2D eigenvalue weighted by Gasteiger charge is 2.25. The molecule has 1 heterocycles. The zero-order chi connectivity index (χ0) is 19.8. The smallest absolute Gasteiger partial charge is 0.285 e. The second-order valence-corrected chi connectivity index (χ2v) is 7.17. The van der Waals surface area contributed by atoms with Crippen molar-refractivity contribution in [1.82, 2.24) is 14.3 Å². The first-order valence-corrected chi connectivity index (χ1v) is 8.98. The van der Waals surface area contributed by atoms with Crippen LogP contribution in [0, 0.1) is 17.5 Å². The lowest BCUT2D eigenvalue weighted by atomic mass is 10.2. The van der Waals surface area contributed by atoms with Gasteiger partial charge >= 0.3 is 0 Å². The average Bonchev–Trinajstić information content (AvgIpc) is 2.96. The normalized spacial score (nSPS) is 11.4. The summed E-state index contributed by atoms with van der Waals surface area (Å²) in [7, 11) is -3.11. The van der Waals surface area contributed by atoms with Gasteiger partial charge in [-0.15, -0.1) is 0 Å². The number of nitrogens with zero attached hydrogens (tertiary/aromatic N) is 2. The average molecular weight is 395 g/mol. The number of sulfonamides is 1. The van der Waals surface area contributed by atoms with Crippen LogP contribution in [-0.2, 0) is 17.1 Å². The Labute approximate surface area is 152 Å². The van der Waals surface area contributed by atoms with E-state index in [4.69, 9.17) is 0 Å². The van der Waals surface area contributed by atoms with E-state index in [-0.39, 0.29) is 5.82 Å². The first kappa shape index (κ1) is 18.6. The van der Waals surface area contributed by atoms with Crippen molar-refractivity contribution in [3.63, 3.8) is 0 Å². The van der Waals surface area contributed by atoms with Crippen molar-refractivity contribution in [3.05, 3.63) is 71.8 Å². The van der Waals surface area contributed by atoms with Gasteiger partial charge in [0.05, 0.1) is 5.56 Å². The number of aromatic nitrogens is 2. The Morgan fingerprint density at radius 1 is 1.00 bits per heavy atom. The summed E-state index contributed by atoms with van der Waals surface area (Å²) < 4.78 is 68.8. The van der Waals surface area contributed by atoms with Gasteiger partial charge in [0.15, 0.2) is 0 Å². The number of aryl methyl sites for hydroxylation is 1. The number of amides is 1. The molecule has 3 rings (SSSR count). The highest BCUT2D eigenvalue weighted by molar-refractivity contribution is 7.90. The lowest BCUT2D eigenvalue weighted by Gasteiger charge is -2.06. The minimum atomic E-state index is -4.49. The van der Waals surface area contributed by atoms with Gasteiger partial charge < -0.3 is 4.57 Å². The Kier molecular flexibility index (Phi) is 4.75. The zero-order valence-corrected chi connectivity index (χ0v) is 14.6. The van der Waals surface area contributed by atoms with Crippen LogP contribution >= 0.6 is 0 Å². The summed E-state index contributed by atoms with van der Waals surface area (Å²) in [6, 6.07) is 7.73. The minimum absolute atomic E-state index is 0.209. The van der Waals surface area contributed by atoms with Gasteiger partial charge in [-0.3, -0.25) is 4.79 Å². The molecule has 140 valence electrons. The standard InChI is InChI=1S/C17H12F3N3O3S/c1-23-9-13(21-16(23)15-11(19)6-4-7-12(15)20)17(24)22-27(25,26)14-8-3-2-5-10(14)18/h2-9H,1H3,(H,22,24). The maximum atomic E-state index is 13.9. The number of imidazole rings is 1. The third-order valence-electron chi connectivity index (χ3n) is 3.65. The van der Waals surface area contributed by atoms with E-state index in [0.29, 0.717) is 0 Å². The Hall–Kier alpha value is -3.14. The summed E-state index contributed by atoms with van der Waals surface area (Å²) in [5, 5.41) is 0.